The molecule has 11 heavy (non-hydrogen) atoms. The molecule has 62 valence electrons. The highest BCUT2D eigenvalue weighted by molar-refractivity contribution is 6.50. The van der Waals surface area contributed by atoms with Gasteiger partial charge in [-0.15, -0.1) is 0 Å². The normalized spacial score (nSPS) is 12.5. The second kappa shape index (κ2) is 6.19. The van der Waals surface area contributed by atoms with Gasteiger partial charge in [0.25, 0.3) is 0 Å². The smallest absolute Gasteiger partial charge is 0.423 e. The van der Waals surface area contributed by atoms with E-state index in [1.807, 2.05) is 12.2 Å². The molecule has 0 atom stereocenters. The van der Waals surface area contributed by atoms with Crippen molar-refractivity contribution in [3.05, 3.63) is 23.7 Å². The molecule has 0 bridgehead atoms. The molecule has 2 nitrogen and oxygen atoms in total. The third-order valence-corrected chi connectivity index (χ3v) is 1.39. The van der Waals surface area contributed by atoms with Crippen LogP contribution >= 0.6 is 0 Å². The first kappa shape index (κ1) is 10.5. The summed E-state index contributed by atoms with van der Waals surface area (Å²) in [6, 6.07) is 0. The highest BCUT2D eigenvalue weighted by atomic mass is 16.4. The lowest BCUT2D eigenvalue weighted by atomic mass is 9.80. The molecular formula is C8H15BO2. The van der Waals surface area contributed by atoms with Gasteiger partial charge in [0.2, 0.25) is 0 Å². The summed E-state index contributed by atoms with van der Waals surface area (Å²) in [6.07, 6.45) is 7.65. The minimum Gasteiger partial charge on any atom is -0.423 e. The molecule has 0 amide bonds. The molecule has 0 aliphatic rings. The van der Waals surface area contributed by atoms with Crippen LogP contribution in [0.1, 0.15) is 26.7 Å². The zero-order chi connectivity index (χ0) is 8.69. The summed E-state index contributed by atoms with van der Waals surface area (Å²) in [5, 5.41) is 17.3. The lowest BCUT2D eigenvalue weighted by Gasteiger charge is -1.95. The Morgan fingerprint density at radius 1 is 1.36 bits per heavy atom. The summed E-state index contributed by atoms with van der Waals surface area (Å²) in [5.74, 6) is 0. The van der Waals surface area contributed by atoms with Gasteiger partial charge in [0.15, 0.2) is 0 Å². The maximum absolute atomic E-state index is 8.64. The highest BCUT2D eigenvalue weighted by Gasteiger charge is 2.06. The monoisotopic (exact) mass is 154 g/mol. The van der Waals surface area contributed by atoms with Gasteiger partial charge in [-0.25, -0.2) is 0 Å². The van der Waals surface area contributed by atoms with Gasteiger partial charge in [0.1, 0.15) is 0 Å². The molecule has 0 spiro atoms. The van der Waals surface area contributed by atoms with E-state index in [0.717, 1.165) is 12.8 Å². The van der Waals surface area contributed by atoms with Gasteiger partial charge in [-0.1, -0.05) is 25.2 Å². The second-order valence-electron chi connectivity index (χ2n) is 2.44. The predicted octanol–water partition coefficient (Wildman–Crippen LogP) is 1.30. The van der Waals surface area contributed by atoms with E-state index in [1.165, 1.54) is 0 Å². The Kier molecular flexibility index (Phi) is 5.89. The molecular weight excluding hydrogens is 139 g/mol. The Hall–Kier alpha value is -0.535. The van der Waals surface area contributed by atoms with Crippen LogP contribution in [-0.2, 0) is 0 Å². The summed E-state index contributed by atoms with van der Waals surface area (Å²) in [6.45, 7) is 3.76. The largest absolute Gasteiger partial charge is 0.483 e. The van der Waals surface area contributed by atoms with Gasteiger partial charge in [-0.05, 0) is 25.2 Å². The van der Waals surface area contributed by atoms with Crippen molar-refractivity contribution in [1.82, 2.24) is 0 Å². The molecule has 0 heterocycles. The fraction of sp³-hybridized carbons (Fsp3) is 0.500. The molecule has 0 aliphatic heterocycles. The topological polar surface area (TPSA) is 40.5 Å². The number of hydrogen-bond acceptors (Lipinski definition) is 2. The molecule has 0 rings (SSSR count). The van der Waals surface area contributed by atoms with E-state index < -0.39 is 7.12 Å². The Labute approximate surface area is 68.4 Å². The Bertz CT molecular complexity index is 150. The first-order chi connectivity index (χ1) is 5.18. The SMILES string of the molecule is CC/C=C\C/C=C(\C)B(O)O. The quantitative estimate of drug-likeness (QED) is 0.473. The molecule has 0 saturated heterocycles. The van der Waals surface area contributed by atoms with Crippen LogP contribution in [0.3, 0.4) is 0 Å². The molecule has 0 saturated carbocycles. The standard InChI is InChI=1S/C8H15BO2/c1-3-4-5-6-7-8(2)9(10)11/h4-5,7,10-11H,3,6H2,1-2H3/b5-4-,8-7+. The van der Waals surface area contributed by atoms with Crippen LogP contribution in [0.25, 0.3) is 0 Å². The van der Waals surface area contributed by atoms with Crippen LogP contribution in [0, 0.1) is 0 Å². The van der Waals surface area contributed by atoms with Crippen LogP contribution in [-0.4, -0.2) is 17.2 Å². The van der Waals surface area contributed by atoms with E-state index in [0.29, 0.717) is 5.47 Å². The van der Waals surface area contributed by atoms with E-state index >= 15 is 0 Å². The Balaban J connectivity index is 3.65. The Morgan fingerprint density at radius 3 is 2.45 bits per heavy atom. The lowest BCUT2D eigenvalue weighted by Crippen LogP contribution is -2.12. The predicted molar refractivity (Wildman–Crippen MR) is 48.0 cm³/mol. The van der Waals surface area contributed by atoms with Crippen LogP contribution < -0.4 is 0 Å². The van der Waals surface area contributed by atoms with Crippen LogP contribution in [0.15, 0.2) is 23.7 Å². The molecule has 0 fully saturated rings. The number of allylic oxidation sites excluding steroid dienone is 4. The molecule has 2 N–H and O–H groups in total. The molecule has 0 aliphatic carbocycles. The molecule has 0 radical (unpaired) electrons. The van der Waals surface area contributed by atoms with Crippen molar-refractivity contribution in [2.24, 2.45) is 0 Å². The van der Waals surface area contributed by atoms with Crippen molar-refractivity contribution < 1.29 is 10.0 Å². The summed E-state index contributed by atoms with van der Waals surface area (Å²) in [4.78, 5) is 0. The highest BCUT2D eigenvalue weighted by Crippen LogP contribution is 1.97. The summed E-state index contributed by atoms with van der Waals surface area (Å²) in [5.41, 5.74) is 0.603. The van der Waals surface area contributed by atoms with Crippen molar-refractivity contribution in [3.63, 3.8) is 0 Å². The van der Waals surface area contributed by atoms with E-state index in [4.69, 9.17) is 10.0 Å². The third-order valence-electron chi connectivity index (χ3n) is 1.39. The Morgan fingerprint density at radius 2 is 2.00 bits per heavy atom. The average Bonchev–Trinajstić information content (AvgIpc) is 1.97. The number of rotatable bonds is 4. The summed E-state index contributed by atoms with van der Waals surface area (Å²) >= 11 is 0. The van der Waals surface area contributed by atoms with Crippen molar-refractivity contribution >= 4 is 7.12 Å². The van der Waals surface area contributed by atoms with Gasteiger partial charge < -0.3 is 10.0 Å². The van der Waals surface area contributed by atoms with Gasteiger partial charge in [0.05, 0.1) is 0 Å². The minimum atomic E-state index is -1.30. The first-order valence-electron chi connectivity index (χ1n) is 3.86. The van der Waals surface area contributed by atoms with Gasteiger partial charge in [-0.2, -0.15) is 0 Å². The van der Waals surface area contributed by atoms with Crippen molar-refractivity contribution in [2.45, 2.75) is 26.7 Å². The van der Waals surface area contributed by atoms with E-state index in [9.17, 15) is 0 Å². The molecule has 0 aromatic carbocycles. The second-order valence-corrected chi connectivity index (χ2v) is 2.44. The van der Waals surface area contributed by atoms with Crippen LogP contribution in [0.4, 0.5) is 0 Å². The van der Waals surface area contributed by atoms with Gasteiger partial charge >= 0.3 is 7.12 Å². The first-order valence-corrected chi connectivity index (χ1v) is 3.86. The zero-order valence-electron chi connectivity index (χ0n) is 7.12. The lowest BCUT2D eigenvalue weighted by molar-refractivity contribution is 0.419. The summed E-state index contributed by atoms with van der Waals surface area (Å²) < 4.78 is 0. The molecule has 0 unspecified atom stereocenters. The maximum Gasteiger partial charge on any atom is 0.483 e. The molecule has 0 aromatic rings. The van der Waals surface area contributed by atoms with Crippen LogP contribution in [0.2, 0.25) is 0 Å². The third kappa shape index (κ3) is 5.89. The average molecular weight is 154 g/mol. The molecule has 0 aromatic heterocycles. The van der Waals surface area contributed by atoms with E-state index in [1.54, 1.807) is 13.0 Å². The summed E-state index contributed by atoms with van der Waals surface area (Å²) in [7, 11) is -1.30. The van der Waals surface area contributed by atoms with Crippen molar-refractivity contribution in [3.8, 4) is 0 Å². The van der Waals surface area contributed by atoms with E-state index in [-0.39, 0.29) is 0 Å². The van der Waals surface area contributed by atoms with Gasteiger partial charge in [-0.3, -0.25) is 0 Å². The fourth-order valence-electron chi connectivity index (χ4n) is 0.622. The molecule has 3 heteroatoms. The van der Waals surface area contributed by atoms with Crippen LogP contribution in [0.5, 0.6) is 0 Å². The number of hydrogen-bond donors (Lipinski definition) is 2. The minimum absolute atomic E-state index is 0.603. The fourth-order valence-corrected chi connectivity index (χ4v) is 0.622. The maximum atomic E-state index is 8.64. The van der Waals surface area contributed by atoms with Crippen molar-refractivity contribution in [1.29, 1.82) is 0 Å². The van der Waals surface area contributed by atoms with Gasteiger partial charge in [0, 0.05) is 0 Å². The van der Waals surface area contributed by atoms with E-state index in [2.05, 4.69) is 6.92 Å². The van der Waals surface area contributed by atoms with Crippen molar-refractivity contribution in [2.75, 3.05) is 0 Å². The zero-order valence-corrected chi connectivity index (χ0v) is 7.12.